The second kappa shape index (κ2) is 10.4. The van der Waals surface area contributed by atoms with E-state index < -0.39 is 24.0 Å². The Morgan fingerprint density at radius 3 is 2.31 bits per heavy atom. The maximum Gasteiger partial charge on any atom is 0.407 e. The standard InChI is InChI=1S/C25H26N4O6/c1-29(2)13-22(24(31)32)27-23(30)21-11-15(35-28-21)12-26-25(33)34-14-20-18-9-5-3-7-16(18)17-8-4-6-10-19(17)20/h3-11,20,22H,12-14H2,1-2H3,(H,26,33)(H,27,30)(H,31,32)/t22-/m0/s1. The van der Waals surface area contributed by atoms with Gasteiger partial charge in [-0.3, -0.25) is 4.79 Å². The van der Waals surface area contributed by atoms with Crippen LogP contribution in [0.2, 0.25) is 0 Å². The van der Waals surface area contributed by atoms with Crippen molar-refractivity contribution < 1.29 is 28.8 Å². The fourth-order valence-corrected chi connectivity index (χ4v) is 4.09. The number of carboxylic acid groups (broad SMARTS) is 1. The number of nitrogens with zero attached hydrogens (tertiary/aromatic N) is 2. The minimum absolute atomic E-state index is 0.0446. The molecule has 10 nitrogen and oxygen atoms in total. The molecule has 1 heterocycles. The molecule has 3 aromatic rings. The highest BCUT2D eigenvalue weighted by atomic mass is 16.5. The van der Waals surface area contributed by atoms with Gasteiger partial charge < -0.3 is 29.9 Å². The molecule has 0 unspecified atom stereocenters. The smallest absolute Gasteiger partial charge is 0.407 e. The van der Waals surface area contributed by atoms with Gasteiger partial charge in [0.25, 0.3) is 5.91 Å². The normalized spacial score (nSPS) is 13.1. The number of likely N-dealkylation sites (N-methyl/N-ethyl adjacent to an activating group) is 1. The lowest BCUT2D eigenvalue weighted by atomic mass is 9.98. The van der Waals surface area contributed by atoms with Gasteiger partial charge in [-0.15, -0.1) is 0 Å². The molecule has 1 aromatic heterocycles. The summed E-state index contributed by atoms with van der Waals surface area (Å²) in [4.78, 5) is 37.6. The Morgan fingerprint density at radius 2 is 1.71 bits per heavy atom. The molecule has 0 saturated heterocycles. The van der Waals surface area contributed by atoms with Crippen molar-refractivity contribution in [2.75, 3.05) is 27.2 Å². The summed E-state index contributed by atoms with van der Waals surface area (Å²) in [6, 6.07) is 16.3. The molecule has 2 aromatic carbocycles. The number of aromatic nitrogens is 1. The first kappa shape index (κ1) is 24.0. The number of fused-ring (bicyclic) bond motifs is 3. The van der Waals surface area contributed by atoms with Gasteiger partial charge in [0, 0.05) is 18.5 Å². The van der Waals surface area contributed by atoms with Crippen LogP contribution in [-0.4, -0.2) is 66.4 Å². The van der Waals surface area contributed by atoms with E-state index in [0.717, 1.165) is 22.3 Å². The van der Waals surface area contributed by atoms with Crippen molar-refractivity contribution in [3.63, 3.8) is 0 Å². The summed E-state index contributed by atoms with van der Waals surface area (Å²) < 4.78 is 10.6. The van der Waals surface area contributed by atoms with Gasteiger partial charge in [0.15, 0.2) is 11.5 Å². The Hall–Kier alpha value is -4.18. The van der Waals surface area contributed by atoms with Gasteiger partial charge in [-0.1, -0.05) is 53.7 Å². The molecule has 0 spiro atoms. The van der Waals surface area contributed by atoms with Crippen molar-refractivity contribution >= 4 is 18.0 Å². The first-order valence-corrected chi connectivity index (χ1v) is 11.1. The maximum atomic E-state index is 12.3. The second-order valence-electron chi connectivity index (χ2n) is 8.48. The van der Waals surface area contributed by atoms with Gasteiger partial charge in [-0.25, -0.2) is 9.59 Å². The zero-order valence-electron chi connectivity index (χ0n) is 19.4. The highest BCUT2D eigenvalue weighted by Gasteiger charge is 2.29. The van der Waals surface area contributed by atoms with E-state index in [1.807, 2.05) is 36.4 Å². The van der Waals surface area contributed by atoms with Gasteiger partial charge in [0.05, 0.1) is 6.54 Å². The summed E-state index contributed by atoms with van der Waals surface area (Å²) in [6.07, 6.45) is -0.633. The number of carboxylic acids is 1. The quantitative estimate of drug-likeness (QED) is 0.427. The summed E-state index contributed by atoms with van der Waals surface area (Å²) in [5.41, 5.74) is 4.42. The fourth-order valence-electron chi connectivity index (χ4n) is 4.09. The highest BCUT2D eigenvalue weighted by Crippen LogP contribution is 2.44. The summed E-state index contributed by atoms with van der Waals surface area (Å²) in [6.45, 7) is 0.249. The van der Waals surface area contributed by atoms with Crippen LogP contribution in [0.4, 0.5) is 4.79 Å². The predicted octanol–water partition coefficient (Wildman–Crippen LogP) is 2.46. The number of hydrogen-bond acceptors (Lipinski definition) is 7. The van der Waals surface area contributed by atoms with Crippen molar-refractivity contribution in [3.05, 3.63) is 77.2 Å². The van der Waals surface area contributed by atoms with E-state index >= 15 is 0 Å². The van der Waals surface area contributed by atoms with Gasteiger partial charge in [-0.2, -0.15) is 0 Å². The molecule has 0 bridgehead atoms. The lowest BCUT2D eigenvalue weighted by Gasteiger charge is -2.17. The molecule has 2 amide bonds. The van der Waals surface area contributed by atoms with Crippen LogP contribution in [0.3, 0.4) is 0 Å². The molecule has 182 valence electrons. The number of ether oxygens (including phenoxy) is 1. The minimum Gasteiger partial charge on any atom is -0.480 e. The van der Waals surface area contributed by atoms with Gasteiger partial charge in [-0.05, 0) is 36.3 Å². The molecule has 1 aliphatic rings. The molecule has 1 aliphatic carbocycles. The molecule has 10 heteroatoms. The average Bonchev–Trinajstić information content (AvgIpc) is 3.44. The van der Waals surface area contributed by atoms with Crippen LogP contribution in [0.1, 0.15) is 33.3 Å². The number of alkyl carbamates (subject to hydrolysis) is 1. The largest absolute Gasteiger partial charge is 0.480 e. The zero-order chi connectivity index (χ0) is 24.9. The van der Waals surface area contributed by atoms with Crippen LogP contribution >= 0.6 is 0 Å². The van der Waals surface area contributed by atoms with Crippen molar-refractivity contribution in [2.24, 2.45) is 0 Å². The van der Waals surface area contributed by atoms with Gasteiger partial charge >= 0.3 is 12.1 Å². The van der Waals surface area contributed by atoms with Crippen molar-refractivity contribution in [1.29, 1.82) is 0 Å². The molecule has 1 atom stereocenters. The Bertz CT molecular complexity index is 1190. The molecule has 0 fully saturated rings. The van der Waals surface area contributed by atoms with Crippen molar-refractivity contribution in [1.82, 2.24) is 20.7 Å². The summed E-state index contributed by atoms with van der Waals surface area (Å²) >= 11 is 0. The topological polar surface area (TPSA) is 134 Å². The number of hydrogen-bond donors (Lipinski definition) is 3. The predicted molar refractivity (Wildman–Crippen MR) is 126 cm³/mol. The number of carbonyl (C=O) groups is 3. The van der Waals surface area contributed by atoms with Gasteiger partial charge in [0.1, 0.15) is 12.6 Å². The number of amides is 2. The van der Waals surface area contributed by atoms with Crippen LogP contribution < -0.4 is 10.6 Å². The Balaban J connectivity index is 1.30. The Morgan fingerprint density at radius 1 is 1.09 bits per heavy atom. The molecule has 0 aliphatic heterocycles. The minimum atomic E-state index is -1.16. The molecular weight excluding hydrogens is 452 g/mol. The highest BCUT2D eigenvalue weighted by molar-refractivity contribution is 5.95. The fraction of sp³-hybridized carbons (Fsp3) is 0.280. The number of nitrogens with one attached hydrogen (secondary N) is 2. The van der Waals surface area contributed by atoms with Crippen LogP contribution in [0, 0.1) is 0 Å². The molecular formula is C25H26N4O6. The van der Waals surface area contributed by atoms with E-state index in [2.05, 4.69) is 27.9 Å². The first-order valence-electron chi connectivity index (χ1n) is 11.1. The van der Waals surface area contributed by atoms with E-state index in [0.29, 0.717) is 0 Å². The molecule has 3 N–H and O–H groups in total. The number of aliphatic carboxylic acids is 1. The monoisotopic (exact) mass is 478 g/mol. The molecule has 35 heavy (non-hydrogen) atoms. The third-order valence-electron chi connectivity index (χ3n) is 5.69. The van der Waals surface area contributed by atoms with Crippen molar-refractivity contribution in [3.8, 4) is 11.1 Å². The molecule has 0 saturated carbocycles. The number of benzene rings is 2. The van der Waals surface area contributed by atoms with Crippen LogP contribution in [0.15, 0.2) is 59.1 Å². The Labute approximate surface area is 201 Å². The van der Waals surface area contributed by atoms with Crippen LogP contribution in [0.5, 0.6) is 0 Å². The van der Waals surface area contributed by atoms with Crippen LogP contribution in [0.25, 0.3) is 11.1 Å². The SMILES string of the molecule is CN(C)C[C@H](NC(=O)c1cc(CNC(=O)OCC2c3ccccc3-c3ccccc32)on1)C(=O)O. The molecule has 4 rings (SSSR count). The van der Waals surface area contributed by atoms with E-state index in [-0.39, 0.29) is 37.1 Å². The second-order valence-corrected chi connectivity index (χ2v) is 8.48. The molecule has 0 radical (unpaired) electrons. The van der Waals surface area contributed by atoms with E-state index in [9.17, 15) is 19.5 Å². The average molecular weight is 479 g/mol. The third kappa shape index (κ3) is 5.49. The zero-order valence-corrected chi connectivity index (χ0v) is 19.4. The lowest BCUT2D eigenvalue weighted by molar-refractivity contribution is -0.139. The summed E-state index contributed by atoms with van der Waals surface area (Å²) in [5.74, 6) is -1.68. The summed E-state index contributed by atoms with van der Waals surface area (Å²) in [5, 5.41) is 17.9. The van der Waals surface area contributed by atoms with Gasteiger partial charge in [0.2, 0.25) is 0 Å². The van der Waals surface area contributed by atoms with E-state index in [1.165, 1.54) is 6.07 Å². The maximum absolute atomic E-state index is 12.3. The number of rotatable bonds is 9. The number of carbonyl (C=O) groups excluding carboxylic acids is 2. The Kier molecular flexibility index (Phi) is 7.11. The summed E-state index contributed by atoms with van der Waals surface area (Å²) in [7, 11) is 3.40. The van der Waals surface area contributed by atoms with E-state index in [4.69, 9.17) is 9.26 Å². The van der Waals surface area contributed by atoms with Crippen LogP contribution in [-0.2, 0) is 16.1 Å². The third-order valence-corrected chi connectivity index (χ3v) is 5.69. The first-order chi connectivity index (χ1) is 16.8. The van der Waals surface area contributed by atoms with Crippen molar-refractivity contribution in [2.45, 2.75) is 18.5 Å². The van der Waals surface area contributed by atoms with E-state index in [1.54, 1.807) is 19.0 Å². The lowest BCUT2D eigenvalue weighted by Crippen LogP contribution is -2.47.